The summed E-state index contributed by atoms with van der Waals surface area (Å²) < 4.78 is 5.69. The van der Waals surface area contributed by atoms with Crippen molar-refractivity contribution in [1.82, 2.24) is 15.2 Å². The van der Waals surface area contributed by atoms with Gasteiger partial charge < -0.3 is 9.73 Å². The van der Waals surface area contributed by atoms with Crippen molar-refractivity contribution in [3.8, 4) is 0 Å². The molecule has 24 heavy (non-hydrogen) atoms. The number of nitrogens with one attached hydrogen (secondary N) is 1. The Hall–Kier alpha value is -2.17. The van der Waals surface area contributed by atoms with E-state index in [9.17, 15) is 0 Å². The molecule has 4 rings (SSSR count). The van der Waals surface area contributed by atoms with E-state index in [4.69, 9.17) is 4.42 Å². The monoisotopic (exact) mass is 321 g/mol. The smallest absolute Gasteiger partial charge is 0.122 e. The van der Waals surface area contributed by atoms with Crippen LogP contribution in [0.25, 0.3) is 10.9 Å². The van der Waals surface area contributed by atoms with Crippen LogP contribution >= 0.6 is 0 Å². The fourth-order valence-corrected chi connectivity index (χ4v) is 3.60. The number of benzene rings is 1. The van der Waals surface area contributed by atoms with Gasteiger partial charge in [0, 0.05) is 24.7 Å². The number of hydrogen-bond donors (Lipinski definition) is 1. The third kappa shape index (κ3) is 3.21. The van der Waals surface area contributed by atoms with Gasteiger partial charge in [-0.25, -0.2) is 0 Å². The minimum atomic E-state index is 0.311. The average Bonchev–Trinajstić information content (AvgIpc) is 3.33. The van der Waals surface area contributed by atoms with Crippen LogP contribution in [0.1, 0.15) is 30.2 Å². The van der Waals surface area contributed by atoms with Crippen molar-refractivity contribution in [2.45, 2.75) is 25.4 Å². The molecule has 1 saturated heterocycles. The Balaban J connectivity index is 1.46. The first-order valence-electron chi connectivity index (χ1n) is 8.72. The van der Waals surface area contributed by atoms with E-state index in [1.54, 1.807) is 6.26 Å². The Bertz CT molecular complexity index is 773. The van der Waals surface area contributed by atoms with Gasteiger partial charge in [0.05, 0.1) is 17.8 Å². The molecule has 0 spiro atoms. The highest BCUT2D eigenvalue weighted by Gasteiger charge is 2.25. The van der Waals surface area contributed by atoms with Gasteiger partial charge in [-0.15, -0.1) is 0 Å². The first kappa shape index (κ1) is 15.4. The van der Waals surface area contributed by atoms with Gasteiger partial charge in [-0.05, 0) is 49.7 Å². The highest BCUT2D eigenvalue weighted by atomic mass is 16.3. The second-order valence-electron chi connectivity index (χ2n) is 6.40. The molecule has 0 bridgehead atoms. The summed E-state index contributed by atoms with van der Waals surface area (Å²) in [4.78, 5) is 7.06. The first-order valence-corrected chi connectivity index (χ1v) is 8.72. The molecule has 0 aliphatic carbocycles. The Morgan fingerprint density at radius 2 is 1.96 bits per heavy atom. The molecular weight excluding hydrogens is 298 g/mol. The molecule has 1 aromatic carbocycles. The zero-order valence-corrected chi connectivity index (χ0v) is 13.8. The standard InChI is InChI=1S/C20H23N3O/c1-2-12-23(11-1)18(19-9-5-13-24-19)15-21-14-17-7-3-6-16-8-4-10-22-20(16)17/h3-10,13,18,21H,1-2,11-12,14-15H2. The van der Waals surface area contributed by atoms with E-state index >= 15 is 0 Å². The van der Waals surface area contributed by atoms with Crippen molar-refractivity contribution in [3.05, 3.63) is 66.2 Å². The number of nitrogens with zero attached hydrogens (tertiary/aromatic N) is 2. The van der Waals surface area contributed by atoms with Crippen LogP contribution in [0.5, 0.6) is 0 Å². The lowest BCUT2D eigenvalue weighted by Gasteiger charge is -2.26. The predicted octanol–water partition coefficient (Wildman–Crippen LogP) is 3.75. The number of hydrogen-bond acceptors (Lipinski definition) is 4. The van der Waals surface area contributed by atoms with Gasteiger partial charge in [-0.2, -0.15) is 0 Å². The third-order valence-electron chi connectivity index (χ3n) is 4.82. The summed E-state index contributed by atoms with van der Waals surface area (Å²) in [5.41, 5.74) is 2.33. The van der Waals surface area contributed by atoms with Crippen molar-refractivity contribution in [2.24, 2.45) is 0 Å². The number of pyridine rings is 1. The van der Waals surface area contributed by atoms with Gasteiger partial charge in [-0.1, -0.05) is 24.3 Å². The van der Waals surface area contributed by atoms with Gasteiger partial charge in [0.25, 0.3) is 0 Å². The molecule has 4 nitrogen and oxygen atoms in total. The molecule has 124 valence electrons. The Kier molecular flexibility index (Phi) is 4.58. The summed E-state index contributed by atoms with van der Waals surface area (Å²) in [6.45, 7) is 4.02. The molecule has 0 amide bonds. The molecule has 0 radical (unpaired) electrons. The molecule has 1 fully saturated rings. The SMILES string of the molecule is c1coc(C(CNCc2cccc3cccnc23)N2CCCC2)c1. The largest absolute Gasteiger partial charge is 0.468 e. The second-order valence-corrected chi connectivity index (χ2v) is 6.40. The molecule has 1 atom stereocenters. The Morgan fingerprint density at radius 3 is 2.79 bits per heavy atom. The number of likely N-dealkylation sites (tertiary alicyclic amines) is 1. The van der Waals surface area contributed by atoms with Crippen molar-refractivity contribution >= 4 is 10.9 Å². The zero-order chi connectivity index (χ0) is 16.2. The van der Waals surface area contributed by atoms with Crippen LogP contribution < -0.4 is 5.32 Å². The summed E-state index contributed by atoms with van der Waals surface area (Å²) in [5, 5.41) is 4.81. The fourth-order valence-electron chi connectivity index (χ4n) is 3.60. The fraction of sp³-hybridized carbons (Fsp3) is 0.350. The Labute approximate surface area is 142 Å². The number of para-hydroxylation sites is 1. The van der Waals surface area contributed by atoms with Crippen molar-refractivity contribution in [1.29, 1.82) is 0 Å². The number of aromatic nitrogens is 1. The summed E-state index contributed by atoms with van der Waals surface area (Å²) in [7, 11) is 0. The molecule has 3 aromatic rings. The van der Waals surface area contributed by atoms with Crippen LogP contribution in [0, 0.1) is 0 Å². The van der Waals surface area contributed by atoms with Crippen LogP contribution in [0.2, 0.25) is 0 Å². The van der Waals surface area contributed by atoms with E-state index in [0.29, 0.717) is 6.04 Å². The topological polar surface area (TPSA) is 41.3 Å². The predicted molar refractivity (Wildman–Crippen MR) is 95.7 cm³/mol. The molecular formula is C20H23N3O. The maximum absolute atomic E-state index is 5.69. The second kappa shape index (κ2) is 7.16. The lowest BCUT2D eigenvalue weighted by molar-refractivity contribution is 0.209. The van der Waals surface area contributed by atoms with Gasteiger partial charge in [-0.3, -0.25) is 9.88 Å². The van der Waals surface area contributed by atoms with Crippen molar-refractivity contribution in [3.63, 3.8) is 0 Å². The van der Waals surface area contributed by atoms with Gasteiger partial charge in [0.1, 0.15) is 5.76 Å². The summed E-state index contributed by atoms with van der Waals surface area (Å²) in [6, 6.07) is 14.8. The van der Waals surface area contributed by atoms with E-state index in [-0.39, 0.29) is 0 Å². The average molecular weight is 321 g/mol. The van der Waals surface area contributed by atoms with E-state index in [1.807, 2.05) is 18.3 Å². The lowest BCUT2D eigenvalue weighted by Crippen LogP contribution is -2.33. The van der Waals surface area contributed by atoms with Crippen LogP contribution in [-0.4, -0.2) is 29.5 Å². The first-order chi connectivity index (χ1) is 11.9. The molecule has 4 heteroatoms. The quantitative estimate of drug-likeness (QED) is 0.750. The minimum absolute atomic E-state index is 0.311. The van der Waals surface area contributed by atoms with E-state index in [2.05, 4.69) is 45.5 Å². The Morgan fingerprint density at radius 1 is 1.08 bits per heavy atom. The molecule has 0 saturated carbocycles. The van der Waals surface area contributed by atoms with Crippen molar-refractivity contribution in [2.75, 3.05) is 19.6 Å². The summed E-state index contributed by atoms with van der Waals surface area (Å²) in [6.07, 6.45) is 6.20. The highest BCUT2D eigenvalue weighted by molar-refractivity contribution is 5.81. The molecule has 1 N–H and O–H groups in total. The highest BCUT2D eigenvalue weighted by Crippen LogP contribution is 2.25. The zero-order valence-electron chi connectivity index (χ0n) is 13.8. The van der Waals surface area contributed by atoms with E-state index in [1.165, 1.54) is 23.8 Å². The van der Waals surface area contributed by atoms with E-state index < -0.39 is 0 Å². The van der Waals surface area contributed by atoms with Crippen LogP contribution in [0.3, 0.4) is 0 Å². The van der Waals surface area contributed by atoms with Gasteiger partial charge in [0.2, 0.25) is 0 Å². The number of fused-ring (bicyclic) bond motifs is 1. The maximum atomic E-state index is 5.69. The van der Waals surface area contributed by atoms with Gasteiger partial charge >= 0.3 is 0 Å². The van der Waals surface area contributed by atoms with Crippen LogP contribution in [0.4, 0.5) is 0 Å². The normalized spacial score (nSPS) is 16.7. The number of furan rings is 1. The minimum Gasteiger partial charge on any atom is -0.468 e. The third-order valence-corrected chi connectivity index (χ3v) is 4.82. The molecule has 1 aliphatic rings. The molecule has 1 unspecified atom stereocenters. The van der Waals surface area contributed by atoms with E-state index in [0.717, 1.165) is 37.5 Å². The molecule has 2 aromatic heterocycles. The summed E-state index contributed by atoms with van der Waals surface area (Å²) >= 11 is 0. The number of rotatable bonds is 6. The lowest BCUT2D eigenvalue weighted by atomic mass is 10.1. The van der Waals surface area contributed by atoms with Crippen LogP contribution in [0.15, 0.2) is 59.3 Å². The molecule has 1 aliphatic heterocycles. The molecule has 3 heterocycles. The van der Waals surface area contributed by atoms with Crippen molar-refractivity contribution < 1.29 is 4.42 Å². The van der Waals surface area contributed by atoms with Gasteiger partial charge in [0.15, 0.2) is 0 Å². The maximum Gasteiger partial charge on any atom is 0.122 e. The van der Waals surface area contributed by atoms with Crippen LogP contribution in [-0.2, 0) is 6.54 Å². The summed E-state index contributed by atoms with van der Waals surface area (Å²) in [5.74, 6) is 1.06.